The molecule has 178 valence electrons. The molecule has 0 aliphatic carbocycles. The Bertz CT molecular complexity index is 1280. The van der Waals surface area contributed by atoms with E-state index in [-0.39, 0.29) is 5.96 Å². The number of benzene rings is 2. The molecule has 0 saturated carbocycles. The molecule has 2 aliphatic rings. The van der Waals surface area contributed by atoms with Crippen LogP contribution in [0.2, 0.25) is 0 Å². The van der Waals surface area contributed by atoms with Crippen molar-refractivity contribution < 1.29 is 0 Å². The van der Waals surface area contributed by atoms with E-state index in [1.807, 2.05) is 4.90 Å². The molecule has 0 fully saturated rings. The van der Waals surface area contributed by atoms with Crippen LogP contribution in [0.25, 0.3) is 33.0 Å². The Balaban J connectivity index is 0.000000868. The highest BCUT2D eigenvalue weighted by Crippen LogP contribution is 2.35. The molecule has 5 rings (SSSR count). The molecule has 34 heavy (non-hydrogen) atoms. The van der Waals surface area contributed by atoms with Crippen molar-refractivity contribution in [2.45, 2.75) is 26.3 Å². The SMILES string of the molecule is CCn1c2ccc(C3=CCN(C)CC3)cc2c2cc(C3=CCN(C(=N)N)CC3)ccc21.N=CN. The number of rotatable bonds is 3. The van der Waals surface area contributed by atoms with E-state index < -0.39 is 0 Å². The second-order valence-electron chi connectivity index (χ2n) is 8.93. The summed E-state index contributed by atoms with van der Waals surface area (Å²) in [5, 5.41) is 16.2. The average molecular weight is 458 g/mol. The minimum Gasteiger partial charge on any atom is -0.390 e. The molecule has 2 aliphatic heterocycles. The molecule has 0 bridgehead atoms. The van der Waals surface area contributed by atoms with Crippen LogP contribution in [0, 0.1) is 10.8 Å². The van der Waals surface area contributed by atoms with E-state index in [9.17, 15) is 0 Å². The van der Waals surface area contributed by atoms with Crippen LogP contribution in [0.5, 0.6) is 0 Å². The summed E-state index contributed by atoms with van der Waals surface area (Å²) >= 11 is 0. The fourth-order valence-electron chi connectivity index (χ4n) is 5.03. The van der Waals surface area contributed by atoms with E-state index in [2.05, 4.69) is 77.7 Å². The minimum atomic E-state index is 0.160. The molecule has 0 unspecified atom stereocenters. The van der Waals surface area contributed by atoms with Crippen LogP contribution in [0.15, 0.2) is 48.6 Å². The van der Waals surface area contributed by atoms with Crippen molar-refractivity contribution in [3.63, 3.8) is 0 Å². The van der Waals surface area contributed by atoms with Gasteiger partial charge in [0.15, 0.2) is 5.96 Å². The van der Waals surface area contributed by atoms with Crippen molar-refractivity contribution >= 4 is 45.3 Å². The third-order valence-corrected chi connectivity index (χ3v) is 6.88. The van der Waals surface area contributed by atoms with Crippen molar-refractivity contribution in [3.8, 4) is 0 Å². The van der Waals surface area contributed by atoms with E-state index in [0.29, 0.717) is 6.54 Å². The molecule has 0 spiro atoms. The molecule has 0 radical (unpaired) electrons. The van der Waals surface area contributed by atoms with Crippen LogP contribution in [0.4, 0.5) is 0 Å². The molecule has 0 amide bonds. The fraction of sp³-hybridized carbons (Fsp3) is 0.333. The summed E-state index contributed by atoms with van der Waals surface area (Å²) in [6, 6.07) is 13.9. The van der Waals surface area contributed by atoms with E-state index >= 15 is 0 Å². The molecule has 1 aromatic heterocycles. The predicted octanol–water partition coefficient (Wildman–Crippen LogP) is 4.07. The first-order chi connectivity index (χ1) is 16.5. The Hall–Kier alpha value is -3.58. The van der Waals surface area contributed by atoms with E-state index in [4.69, 9.17) is 16.6 Å². The van der Waals surface area contributed by atoms with Gasteiger partial charge in [0.25, 0.3) is 0 Å². The lowest BCUT2D eigenvalue weighted by Gasteiger charge is -2.26. The lowest BCUT2D eigenvalue weighted by Crippen LogP contribution is -2.39. The quantitative estimate of drug-likeness (QED) is 0.351. The van der Waals surface area contributed by atoms with Crippen molar-refractivity contribution in [1.82, 2.24) is 14.4 Å². The summed E-state index contributed by atoms with van der Waals surface area (Å²) in [5.41, 5.74) is 18.1. The van der Waals surface area contributed by atoms with Crippen LogP contribution < -0.4 is 11.5 Å². The largest absolute Gasteiger partial charge is 0.390 e. The fourth-order valence-corrected chi connectivity index (χ4v) is 5.03. The van der Waals surface area contributed by atoms with Crippen molar-refractivity contribution in [2.75, 3.05) is 33.2 Å². The Labute approximate surface area is 201 Å². The zero-order chi connectivity index (χ0) is 24.2. The summed E-state index contributed by atoms with van der Waals surface area (Å²) in [6.45, 7) is 6.85. The number of nitrogens with one attached hydrogen (secondary N) is 2. The Kier molecular flexibility index (Phi) is 7.03. The molecule has 6 N–H and O–H groups in total. The Morgan fingerprint density at radius 2 is 1.47 bits per heavy atom. The van der Waals surface area contributed by atoms with Gasteiger partial charge in [-0.1, -0.05) is 24.3 Å². The molecule has 3 heterocycles. The first-order valence-electron chi connectivity index (χ1n) is 11.9. The summed E-state index contributed by atoms with van der Waals surface area (Å²) in [7, 11) is 2.18. The predicted molar refractivity (Wildman–Crippen MR) is 144 cm³/mol. The highest BCUT2D eigenvalue weighted by atomic mass is 15.2. The van der Waals surface area contributed by atoms with E-state index in [1.165, 1.54) is 44.1 Å². The van der Waals surface area contributed by atoms with Gasteiger partial charge in [0.2, 0.25) is 0 Å². The van der Waals surface area contributed by atoms with Crippen LogP contribution in [-0.4, -0.2) is 59.9 Å². The first kappa shape index (κ1) is 23.6. The second-order valence-corrected chi connectivity index (χ2v) is 8.93. The Morgan fingerprint density at radius 1 is 0.941 bits per heavy atom. The summed E-state index contributed by atoms with van der Waals surface area (Å²) in [5.74, 6) is 0.160. The number of nitrogens with two attached hydrogens (primary N) is 2. The van der Waals surface area contributed by atoms with E-state index in [1.54, 1.807) is 0 Å². The molecule has 2 aromatic carbocycles. The summed E-state index contributed by atoms with van der Waals surface area (Å²) in [6.07, 6.45) is 7.38. The van der Waals surface area contributed by atoms with Gasteiger partial charge in [-0.2, -0.15) is 0 Å². The highest BCUT2D eigenvalue weighted by molar-refractivity contribution is 6.09. The zero-order valence-electron chi connectivity index (χ0n) is 20.1. The number of guanidine groups is 1. The van der Waals surface area contributed by atoms with Gasteiger partial charge in [-0.15, -0.1) is 0 Å². The van der Waals surface area contributed by atoms with Crippen LogP contribution >= 0.6 is 0 Å². The minimum absolute atomic E-state index is 0.160. The maximum atomic E-state index is 7.66. The molecule has 0 saturated heterocycles. The number of fused-ring (bicyclic) bond motifs is 3. The van der Waals surface area contributed by atoms with Gasteiger partial charge in [-0.3, -0.25) is 10.8 Å². The number of hydrogen-bond donors (Lipinski definition) is 4. The van der Waals surface area contributed by atoms with Crippen LogP contribution in [0.3, 0.4) is 0 Å². The van der Waals surface area contributed by atoms with Crippen molar-refractivity contribution in [1.29, 1.82) is 10.8 Å². The molecule has 7 heteroatoms. The highest BCUT2D eigenvalue weighted by Gasteiger charge is 2.17. The van der Waals surface area contributed by atoms with Gasteiger partial charge < -0.3 is 25.8 Å². The van der Waals surface area contributed by atoms with Crippen LogP contribution in [-0.2, 0) is 6.54 Å². The molecular weight excluding hydrogens is 422 g/mol. The third-order valence-electron chi connectivity index (χ3n) is 6.88. The van der Waals surface area contributed by atoms with Gasteiger partial charge in [-0.05, 0) is 73.4 Å². The molecule has 0 atom stereocenters. The lowest BCUT2D eigenvalue weighted by atomic mass is 9.96. The van der Waals surface area contributed by atoms with Gasteiger partial charge in [0.1, 0.15) is 0 Å². The third kappa shape index (κ3) is 4.56. The average Bonchev–Trinajstić information content (AvgIpc) is 3.17. The Morgan fingerprint density at radius 3 is 1.88 bits per heavy atom. The number of nitrogens with zero attached hydrogens (tertiary/aromatic N) is 3. The van der Waals surface area contributed by atoms with Crippen LogP contribution in [0.1, 0.15) is 30.9 Å². The van der Waals surface area contributed by atoms with E-state index in [0.717, 1.165) is 45.4 Å². The second kappa shape index (κ2) is 10.1. The van der Waals surface area contributed by atoms with Crippen molar-refractivity contribution in [2.24, 2.45) is 11.5 Å². The molecule has 7 nitrogen and oxygen atoms in total. The molecular formula is C27H35N7. The number of likely N-dealkylation sites (N-methyl/N-ethyl adjacent to an activating group) is 1. The monoisotopic (exact) mass is 457 g/mol. The van der Waals surface area contributed by atoms with Crippen molar-refractivity contribution in [3.05, 3.63) is 59.7 Å². The lowest BCUT2D eigenvalue weighted by molar-refractivity contribution is 0.370. The normalized spacial score (nSPS) is 16.6. The first-order valence-corrected chi connectivity index (χ1v) is 11.9. The summed E-state index contributed by atoms with van der Waals surface area (Å²) in [4.78, 5) is 4.27. The number of aryl methyl sites for hydroxylation is 1. The van der Waals surface area contributed by atoms with Gasteiger partial charge in [0, 0.05) is 54.5 Å². The van der Waals surface area contributed by atoms with Gasteiger partial charge >= 0.3 is 0 Å². The number of hydrogen-bond acceptors (Lipinski definition) is 3. The summed E-state index contributed by atoms with van der Waals surface area (Å²) < 4.78 is 2.42. The van der Waals surface area contributed by atoms with Gasteiger partial charge in [-0.25, -0.2) is 0 Å². The topological polar surface area (TPSA) is 111 Å². The van der Waals surface area contributed by atoms with Gasteiger partial charge in [0.05, 0.1) is 6.34 Å². The maximum absolute atomic E-state index is 7.66. The smallest absolute Gasteiger partial charge is 0.188 e. The maximum Gasteiger partial charge on any atom is 0.188 e. The molecule has 3 aromatic rings. The standard InChI is InChI=1S/C26H31N5.CH4N2/c1-3-31-24-6-4-20(18-8-12-29(2)13-9-18)16-22(24)23-17-21(5-7-25(23)31)19-10-14-30(15-11-19)26(27)28;2-1-3/h4-8,10,16-17H,3,9,11-15H2,1-2H3,(H3,27,28);1H,(H3,2,3). The number of aromatic nitrogens is 1. The zero-order valence-corrected chi connectivity index (χ0v) is 20.1.